The number of ether oxygens (including phenoxy) is 2. The number of nitrogens with one attached hydrogen (secondary N) is 2. The standard InChI is InChI=1S/C23H18N2O5/c26-21(24-25-23(27)20-13-29-17-7-3-4-8-18(17)30-20)11-15-12-28-19-10-9-14-5-1-2-6-16(14)22(15)19/h1-10,12,20H,11,13H2,(H,24,26)(H,25,27). The third-order valence-corrected chi connectivity index (χ3v) is 5.02. The van der Waals surface area contributed by atoms with E-state index < -0.39 is 12.0 Å². The highest BCUT2D eigenvalue weighted by Crippen LogP contribution is 2.31. The largest absolute Gasteiger partial charge is 0.485 e. The van der Waals surface area contributed by atoms with E-state index in [1.54, 1.807) is 24.5 Å². The molecule has 0 radical (unpaired) electrons. The van der Waals surface area contributed by atoms with Gasteiger partial charge in [-0.25, -0.2) is 0 Å². The van der Waals surface area contributed by atoms with Crippen molar-refractivity contribution in [3.05, 3.63) is 72.5 Å². The Labute approximate surface area is 171 Å². The number of carbonyl (C=O) groups is 2. The molecule has 2 amide bonds. The minimum absolute atomic E-state index is 0.0617. The van der Waals surface area contributed by atoms with Gasteiger partial charge in [-0.2, -0.15) is 0 Å². The van der Waals surface area contributed by atoms with E-state index in [2.05, 4.69) is 10.9 Å². The van der Waals surface area contributed by atoms with Crippen LogP contribution in [-0.4, -0.2) is 24.5 Å². The molecule has 7 heteroatoms. The van der Waals surface area contributed by atoms with Crippen molar-refractivity contribution in [2.24, 2.45) is 0 Å². The molecule has 1 aliphatic rings. The van der Waals surface area contributed by atoms with Crippen molar-refractivity contribution in [3.8, 4) is 11.5 Å². The van der Waals surface area contributed by atoms with E-state index in [1.165, 1.54) is 0 Å². The summed E-state index contributed by atoms with van der Waals surface area (Å²) >= 11 is 0. The molecule has 30 heavy (non-hydrogen) atoms. The molecule has 0 bridgehead atoms. The van der Waals surface area contributed by atoms with Crippen molar-refractivity contribution in [1.29, 1.82) is 0 Å². The van der Waals surface area contributed by atoms with Gasteiger partial charge in [0, 0.05) is 10.9 Å². The fraction of sp³-hybridized carbons (Fsp3) is 0.130. The molecule has 1 unspecified atom stereocenters. The van der Waals surface area contributed by atoms with Crippen molar-refractivity contribution in [3.63, 3.8) is 0 Å². The molecular formula is C23H18N2O5. The Balaban J connectivity index is 1.25. The Morgan fingerprint density at radius 3 is 2.63 bits per heavy atom. The topological polar surface area (TPSA) is 89.8 Å². The number of hydrogen-bond acceptors (Lipinski definition) is 5. The highest BCUT2D eigenvalue weighted by molar-refractivity contribution is 6.08. The van der Waals surface area contributed by atoms with Crippen LogP contribution in [0.2, 0.25) is 0 Å². The molecule has 0 saturated heterocycles. The van der Waals surface area contributed by atoms with E-state index in [0.29, 0.717) is 17.1 Å². The number of amides is 2. The van der Waals surface area contributed by atoms with Crippen molar-refractivity contribution in [1.82, 2.24) is 10.9 Å². The summed E-state index contributed by atoms with van der Waals surface area (Å²) in [6.45, 7) is 0.0665. The summed E-state index contributed by atoms with van der Waals surface area (Å²) in [6.07, 6.45) is 0.790. The quantitative estimate of drug-likeness (QED) is 0.514. The lowest BCUT2D eigenvalue weighted by atomic mass is 10.0. The Morgan fingerprint density at radius 2 is 1.73 bits per heavy atom. The fourth-order valence-electron chi connectivity index (χ4n) is 3.58. The maximum Gasteiger partial charge on any atom is 0.283 e. The SMILES string of the molecule is O=C(Cc1coc2ccc3ccccc3c12)NNC(=O)C1COc2ccccc2O1. The highest BCUT2D eigenvalue weighted by Gasteiger charge is 2.27. The molecule has 0 aliphatic carbocycles. The third kappa shape index (κ3) is 3.30. The van der Waals surface area contributed by atoms with Crippen LogP contribution in [0.1, 0.15) is 5.56 Å². The second-order valence-electron chi connectivity index (χ2n) is 7.00. The van der Waals surface area contributed by atoms with Crippen molar-refractivity contribution in [2.45, 2.75) is 12.5 Å². The number of hydrogen-bond donors (Lipinski definition) is 2. The predicted octanol–water partition coefficient (Wildman–Crippen LogP) is 3.12. The fourth-order valence-corrected chi connectivity index (χ4v) is 3.58. The van der Waals surface area contributed by atoms with Crippen LogP contribution in [0.4, 0.5) is 0 Å². The van der Waals surface area contributed by atoms with Gasteiger partial charge in [0.2, 0.25) is 12.0 Å². The number of benzene rings is 3. The lowest BCUT2D eigenvalue weighted by Crippen LogP contribution is -2.51. The first-order valence-electron chi connectivity index (χ1n) is 9.54. The van der Waals surface area contributed by atoms with Crippen LogP contribution in [0.3, 0.4) is 0 Å². The van der Waals surface area contributed by atoms with Gasteiger partial charge in [0.25, 0.3) is 5.91 Å². The molecule has 1 atom stereocenters. The number of para-hydroxylation sites is 2. The molecule has 0 fully saturated rings. The second-order valence-corrected chi connectivity index (χ2v) is 7.00. The van der Waals surface area contributed by atoms with E-state index >= 15 is 0 Å². The first-order chi connectivity index (χ1) is 14.7. The second kappa shape index (κ2) is 7.44. The molecule has 1 aliphatic heterocycles. The third-order valence-electron chi connectivity index (χ3n) is 5.02. The number of rotatable bonds is 3. The Hall–Kier alpha value is -4.00. The first-order valence-corrected chi connectivity index (χ1v) is 9.54. The predicted molar refractivity (Wildman–Crippen MR) is 110 cm³/mol. The Morgan fingerprint density at radius 1 is 0.933 bits per heavy atom. The van der Waals surface area contributed by atoms with Crippen LogP contribution in [0.5, 0.6) is 11.5 Å². The van der Waals surface area contributed by atoms with Crippen LogP contribution in [0.25, 0.3) is 21.7 Å². The normalized spacial score (nSPS) is 15.1. The number of carbonyl (C=O) groups excluding carboxylic acids is 2. The maximum atomic E-state index is 12.4. The van der Waals surface area contributed by atoms with Gasteiger partial charge in [0.05, 0.1) is 12.7 Å². The van der Waals surface area contributed by atoms with E-state index in [4.69, 9.17) is 13.9 Å². The molecule has 0 saturated carbocycles. The van der Waals surface area contributed by atoms with Crippen molar-refractivity contribution in [2.75, 3.05) is 6.61 Å². The van der Waals surface area contributed by atoms with Crippen molar-refractivity contribution < 1.29 is 23.5 Å². The smallest absolute Gasteiger partial charge is 0.283 e. The zero-order valence-electron chi connectivity index (χ0n) is 15.9. The number of furan rings is 1. The van der Waals surface area contributed by atoms with Crippen LogP contribution in [-0.2, 0) is 16.0 Å². The van der Waals surface area contributed by atoms with Gasteiger partial charge in [-0.05, 0) is 29.0 Å². The Bertz CT molecular complexity index is 1260. The van der Waals surface area contributed by atoms with Crippen LogP contribution in [0, 0.1) is 0 Å². The average molecular weight is 402 g/mol. The maximum absolute atomic E-state index is 12.4. The summed E-state index contributed by atoms with van der Waals surface area (Å²) in [5.41, 5.74) is 6.31. The first kappa shape index (κ1) is 18.1. The molecule has 2 N–H and O–H groups in total. The molecule has 0 spiro atoms. The summed E-state index contributed by atoms with van der Waals surface area (Å²) in [7, 11) is 0. The molecule has 5 rings (SSSR count). The lowest BCUT2D eigenvalue weighted by molar-refractivity contribution is -0.134. The minimum Gasteiger partial charge on any atom is -0.485 e. The van der Waals surface area contributed by atoms with Gasteiger partial charge in [0.1, 0.15) is 12.2 Å². The zero-order valence-corrected chi connectivity index (χ0v) is 15.9. The molecule has 150 valence electrons. The summed E-state index contributed by atoms with van der Waals surface area (Å²) in [5.74, 6) is 0.230. The molecule has 7 nitrogen and oxygen atoms in total. The number of fused-ring (bicyclic) bond motifs is 4. The van der Waals surface area contributed by atoms with Gasteiger partial charge in [-0.3, -0.25) is 20.4 Å². The van der Waals surface area contributed by atoms with Crippen LogP contribution in [0.15, 0.2) is 71.3 Å². The average Bonchev–Trinajstić information content (AvgIpc) is 3.20. The van der Waals surface area contributed by atoms with Crippen LogP contribution >= 0.6 is 0 Å². The lowest BCUT2D eigenvalue weighted by Gasteiger charge is -2.25. The zero-order chi connectivity index (χ0) is 20.5. The van der Waals surface area contributed by atoms with Gasteiger partial charge in [-0.15, -0.1) is 0 Å². The summed E-state index contributed by atoms with van der Waals surface area (Å²) in [6, 6.07) is 18.9. The molecule has 2 heterocycles. The van der Waals surface area contributed by atoms with Crippen molar-refractivity contribution >= 4 is 33.6 Å². The Kier molecular flexibility index (Phi) is 4.48. The minimum atomic E-state index is -0.848. The summed E-state index contributed by atoms with van der Waals surface area (Å²) < 4.78 is 16.8. The van der Waals surface area contributed by atoms with E-state index in [9.17, 15) is 9.59 Å². The number of hydrazine groups is 1. The van der Waals surface area contributed by atoms with E-state index in [0.717, 1.165) is 21.7 Å². The van der Waals surface area contributed by atoms with Crippen LogP contribution < -0.4 is 20.3 Å². The van der Waals surface area contributed by atoms with E-state index in [1.807, 2.05) is 42.5 Å². The van der Waals surface area contributed by atoms with Gasteiger partial charge < -0.3 is 13.9 Å². The molecular weight excluding hydrogens is 384 g/mol. The molecule has 1 aromatic heterocycles. The van der Waals surface area contributed by atoms with Gasteiger partial charge in [-0.1, -0.05) is 42.5 Å². The molecule has 3 aromatic carbocycles. The van der Waals surface area contributed by atoms with Gasteiger partial charge in [0.15, 0.2) is 11.5 Å². The van der Waals surface area contributed by atoms with Gasteiger partial charge >= 0.3 is 0 Å². The highest BCUT2D eigenvalue weighted by atomic mass is 16.6. The van der Waals surface area contributed by atoms with E-state index in [-0.39, 0.29) is 18.9 Å². The summed E-state index contributed by atoms with van der Waals surface area (Å²) in [4.78, 5) is 24.8. The summed E-state index contributed by atoms with van der Waals surface area (Å²) in [5, 5.41) is 2.98. The monoisotopic (exact) mass is 402 g/mol. The molecule has 4 aromatic rings.